The zero-order valence-electron chi connectivity index (χ0n) is 15.2. The van der Waals surface area contributed by atoms with Gasteiger partial charge in [0, 0.05) is 12.7 Å². The first-order valence-electron chi connectivity index (χ1n) is 8.82. The molecule has 0 aliphatic carbocycles. The number of hydrogen-bond acceptors (Lipinski definition) is 9. The summed E-state index contributed by atoms with van der Waals surface area (Å²) in [6, 6.07) is 4.15. The lowest BCUT2D eigenvalue weighted by Gasteiger charge is -2.40. The van der Waals surface area contributed by atoms with Crippen molar-refractivity contribution in [3.05, 3.63) is 24.0 Å². The minimum atomic E-state index is -1.53. The van der Waals surface area contributed by atoms with E-state index in [9.17, 15) is 29.6 Å². The highest BCUT2D eigenvalue weighted by atomic mass is 19.1. The number of cyclic esters (lactones) is 1. The van der Waals surface area contributed by atoms with Gasteiger partial charge in [0.15, 0.2) is 6.23 Å². The predicted octanol–water partition coefficient (Wildman–Crippen LogP) is -1.10. The number of likely N-dealkylation sites (N-methyl/N-ethyl adjacent to an activating group) is 1. The fourth-order valence-corrected chi connectivity index (χ4v) is 3.11. The molecule has 6 atom stereocenters. The molecule has 1 aromatic rings. The van der Waals surface area contributed by atoms with E-state index in [1.807, 2.05) is 0 Å². The van der Waals surface area contributed by atoms with E-state index in [0.717, 1.165) is 6.07 Å². The topological polar surface area (TPSA) is 144 Å². The summed E-state index contributed by atoms with van der Waals surface area (Å²) < 4.78 is 24.8. The molecule has 11 heteroatoms. The van der Waals surface area contributed by atoms with Crippen LogP contribution in [0.3, 0.4) is 0 Å². The molecule has 2 heterocycles. The number of aliphatic hydroxyl groups is 4. The van der Waals surface area contributed by atoms with Gasteiger partial charge in [-0.3, -0.25) is 0 Å². The monoisotopic (exact) mass is 401 g/mol. The van der Waals surface area contributed by atoms with Gasteiger partial charge in [0.05, 0.1) is 25.4 Å². The van der Waals surface area contributed by atoms with Gasteiger partial charge in [0.2, 0.25) is 0 Å². The number of rotatable bonds is 6. The van der Waals surface area contributed by atoms with Gasteiger partial charge >= 0.3 is 6.09 Å². The van der Waals surface area contributed by atoms with E-state index in [-0.39, 0.29) is 24.0 Å². The van der Waals surface area contributed by atoms with Crippen LogP contribution < -0.4 is 10.6 Å². The van der Waals surface area contributed by atoms with Crippen molar-refractivity contribution >= 4 is 17.5 Å². The molecular formula is C17H24FN3O7. The molecule has 28 heavy (non-hydrogen) atoms. The van der Waals surface area contributed by atoms with Crippen molar-refractivity contribution in [2.45, 2.75) is 36.7 Å². The van der Waals surface area contributed by atoms with Crippen LogP contribution in [-0.2, 0) is 9.47 Å². The number of ether oxygens (including phenoxy) is 2. The predicted molar refractivity (Wildman–Crippen MR) is 95.2 cm³/mol. The number of carbonyl (C=O) groups excluding carboxylic acids is 1. The van der Waals surface area contributed by atoms with Crippen molar-refractivity contribution in [2.24, 2.45) is 0 Å². The Morgan fingerprint density at radius 3 is 2.61 bits per heavy atom. The van der Waals surface area contributed by atoms with Crippen LogP contribution >= 0.6 is 0 Å². The molecule has 1 aromatic carbocycles. The van der Waals surface area contributed by atoms with E-state index >= 15 is 0 Å². The molecule has 2 fully saturated rings. The molecule has 6 N–H and O–H groups in total. The minimum absolute atomic E-state index is 0.199. The summed E-state index contributed by atoms with van der Waals surface area (Å²) in [5.41, 5.74) is 0.462. The first-order chi connectivity index (χ1) is 13.3. The maximum Gasteiger partial charge on any atom is 0.410 e. The quantitative estimate of drug-likeness (QED) is 0.350. The van der Waals surface area contributed by atoms with E-state index in [2.05, 4.69) is 10.6 Å². The maximum atomic E-state index is 14.4. The van der Waals surface area contributed by atoms with Gasteiger partial charge in [-0.2, -0.15) is 0 Å². The summed E-state index contributed by atoms with van der Waals surface area (Å²) in [7, 11) is 1.61. The van der Waals surface area contributed by atoms with E-state index in [1.165, 1.54) is 17.0 Å². The average molecular weight is 401 g/mol. The normalized spacial score (nSPS) is 32.9. The molecule has 2 saturated heterocycles. The van der Waals surface area contributed by atoms with Crippen LogP contribution in [0.5, 0.6) is 0 Å². The van der Waals surface area contributed by atoms with Crippen LogP contribution in [0.4, 0.5) is 20.6 Å². The van der Waals surface area contributed by atoms with Crippen molar-refractivity contribution in [3.63, 3.8) is 0 Å². The summed E-state index contributed by atoms with van der Waals surface area (Å²) in [5.74, 6) is -0.590. The Hall–Kier alpha value is -2.18. The SMILES string of the molecule is CN1C[C@H](CNc2ccc(N[C@H]3OC(CO)[C@H](O)C(O)[C@H]3O)cc2F)OC1=O. The largest absolute Gasteiger partial charge is 0.442 e. The number of aliphatic hydroxyl groups excluding tert-OH is 4. The lowest BCUT2D eigenvalue weighted by Crippen LogP contribution is -2.60. The Bertz CT molecular complexity index is 707. The first-order valence-corrected chi connectivity index (χ1v) is 8.82. The number of halogens is 1. The molecule has 0 spiro atoms. The van der Waals surface area contributed by atoms with Gasteiger partial charge in [-0.05, 0) is 18.2 Å². The van der Waals surface area contributed by atoms with Gasteiger partial charge in [-0.1, -0.05) is 0 Å². The Labute approximate surface area is 160 Å². The van der Waals surface area contributed by atoms with Gasteiger partial charge in [-0.25, -0.2) is 9.18 Å². The van der Waals surface area contributed by atoms with Gasteiger partial charge in [0.1, 0.15) is 36.3 Å². The zero-order chi connectivity index (χ0) is 20.4. The fraction of sp³-hybridized carbons (Fsp3) is 0.588. The van der Waals surface area contributed by atoms with Crippen molar-refractivity contribution in [1.82, 2.24) is 4.90 Å². The molecule has 3 rings (SSSR count). The molecule has 2 unspecified atom stereocenters. The molecule has 156 valence electrons. The standard InChI is InChI=1S/C17H24FN3O7/c1-21-6-9(27-17(21)26)5-19-11-3-2-8(4-10(11)18)20-16-15(25)14(24)13(23)12(7-22)28-16/h2-4,9,12-16,19-20,22-25H,5-7H2,1H3/t9-,12?,13-,14?,15+,16-/m0/s1. The van der Waals surface area contributed by atoms with Crippen LogP contribution in [-0.4, -0.2) is 94.9 Å². The van der Waals surface area contributed by atoms with Crippen molar-refractivity contribution in [1.29, 1.82) is 0 Å². The Morgan fingerprint density at radius 2 is 2.00 bits per heavy atom. The summed E-state index contributed by atoms with van der Waals surface area (Å²) in [6.07, 6.45) is -7.49. The number of benzene rings is 1. The van der Waals surface area contributed by atoms with E-state index < -0.39 is 49.2 Å². The maximum absolute atomic E-state index is 14.4. The van der Waals surface area contributed by atoms with Gasteiger partial charge in [-0.15, -0.1) is 0 Å². The lowest BCUT2D eigenvalue weighted by molar-refractivity contribution is -0.221. The number of amides is 1. The molecule has 10 nitrogen and oxygen atoms in total. The third-order valence-corrected chi connectivity index (χ3v) is 4.75. The number of anilines is 2. The Balaban J connectivity index is 1.60. The van der Waals surface area contributed by atoms with Crippen molar-refractivity contribution in [2.75, 3.05) is 37.4 Å². The van der Waals surface area contributed by atoms with Gasteiger partial charge in [0.25, 0.3) is 0 Å². The highest BCUT2D eigenvalue weighted by molar-refractivity contribution is 5.69. The smallest absolute Gasteiger partial charge is 0.410 e. The molecule has 2 aliphatic heterocycles. The highest BCUT2D eigenvalue weighted by Gasteiger charge is 2.43. The Kier molecular flexibility index (Phi) is 6.20. The molecular weight excluding hydrogens is 377 g/mol. The number of hydrogen-bond donors (Lipinski definition) is 6. The summed E-state index contributed by atoms with van der Waals surface area (Å²) in [5, 5.41) is 44.4. The van der Waals surface area contributed by atoms with Gasteiger partial charge < -0.3 is 45.4 Å². The van der Waals surface area contributed by atoms with Crippen LogP contribution in [0.25, 0.3) is 0 Å². The van der Waals surface area contributed by atoms with E-state index in [1.54, 1.807) is 7.05 Å². The number of carbonyl (C=O) groups is 1. The molecule has 0 radical (unpaired) electrons. The van der Waals surface area contributed by atoms with Crippen LogP contribution in [0.2, 0.25) is 0 Å². The van der Waals surface area contributed by atoms with E-state index in [0.29, 0.717) is 6.54 Å². The molecule has 0 bridgehead atoms. The summed E-state index contributed by atoms with van der Waals surface area (Å²) >= 11 is 0. The second-order valence-corrected chi connectivity index (χ2v) is 6.86. The van der Waals surface area contributed by atoms with Crippen LogP contribution in [0, 0.1) is 5.82 Å². The second-order valence-electron chi connectivity index (χ2n) is 6.86. The zero-order valence-corrected chi connectivity index (χ0v) is 15.2. The molecule has 0 saturated carbocycles. The molecule has 0 aromatic heterocycles. The van der Waals surface area contributed by atoms with Crippen molar-refractivity contribution < 1.29 is 39.1 Å². The number of nitrogens with one attached hydrogen (secondary N) is 2. The van der Waals surface area contributed by atoms with Crippen molar-refractivity contribution in [3.8, 4) is 0 Å². The second kappa shape index (κ2) is 8.45. The lowest BCUT2D eigenvalue weighted by atomic mass is 9.98. The first kappa shape index (κ1) is 20.6. The summed E-state index contributed by atoms with van der Waals surface area (Å²) in [4.78, 5) is 12.8. The highest BCUT2D eigenvalue weighted by Crippen LogP contribution is 2.25. The third kappa shape index (κ3) is 4.28. The minimum Gasteiger partial charge on any atom is -0.442 e. The molecule has 1 amide bonds. The van der Waals surface area contributed by atoms with Crippen LogP contribution in [0.15, 0.2) is 18.2 Å². The third-order valence-electron chi connectivity index (χ3n) is 4.75. The Morgan fingerprint density at radius 1 is 1.25 bits per heavy atom. The van der Waals surface area contributed by atoms with E-state index in [4.69, 9.17) is 9.47 Å². The fourth-order valence-electron chi connectivity index (χ4n) is 3.11. The molecule has 2 aliphatic rings. The van der Waals surface area contributed by atoms with Crippen LogP contribution in [0.1, 0.15) is 0 Å². The number of nitrogens with zero attached hydrogens (tertiary/aromatic N) is 1. The average Bonchev–Trinajstić information content (AvgIpc) is 2.99. The summed E-state index contributed by atoms with van der Waals surface area (Å²) in [6.45, 7) is 0.0952.